The number of aryl methyl sites for hydroxylation is 1. The molecule has 0 saturated heterocycles. The number of non-ortho nitro benzene ring substituents is 1. The van der Waals surface area contributed by atoms with Crippen LogP contribution in [0.3, 0.4) is 0 Å². The molecule has 4 aromatic rings. The zero-order valence-electron chi connectivity index (χ0n) is 19.2. The molecule has 1 atom stereocenters. The second kappa shape index (κ2) is 9.74. The molecule has 3 heterocycles. The fourth-order valence-electron chi connectivity index (χ4n) is 4.23. The number of carbonyl (C=O) groups is 1. The first-order valence-electron chi connectivity index (χ1n) is 11.2. The molecule has 0 radical (unpaired) electrons. The number of carbonyl (C=O) groups excluding carboxylic acids is 1. The third-order valence-corrected chi connectivity index (χ3v) is 6.36. The second-order valence-electron chi connectivity index (χ2n) is 8.34. The van der Waals surface area contributed by atoms with Crippen LogP contribution in [-0.2, 0) is 17.6 Å². The lowest BCUT2D eigenvalue weighted by Crippen LogP contribution is -2.37. The Morgan fingerprint density at radius 2 is 2.17 bits per heavy atom. The van der Waals surface area contributed by atoms with E-state index in [0.29, 0.717) is 34.8 Å². The summed E-state index contributed by atoms with van der Waals surface area (Å²) in [5, 5.41) is 19.1. The number of amides is 1. The number of methoxy groups -OCH3 is 1. The summed E-state index contributed by atoms with van der Waals surface area (Å²) in [4.78, 5) is 31.9. The number of hydrogen-bond donors (Lipinski definition) is 1. The van der Waals surface area contributed by atoms with E-state index < -0.39 is 4.92 Å². The van der Waals surface area contributed by atoms with Gasteiger partial charge in [0.1, 0.15) is 5.52 Å². The van der Waals surface area contributed by atoms with E-state index in [1.165, 1.54) is 30.4 Å². The fourth-order valence-corrected chi connectivity index (χ4v) is 4.41. The van der Waals surface area contributed by atoms with Crippen LogP contribution in [0.15, 0.2) is 54.9 Å². The lowest BCUT2D eigenvalue weighted by atomic mass is 9.93. The maximum absolute atomic E-state index is 12.5. The highest BCUT2D eigenvalue weighted by Gasteiger charge is 2.23. The molecule has 1 amide bonds. The first-order valence-corrected chi connectivity index (χ1v) is 11.6. The second-order valence-corrected chi connectivity index (χ2v) is 8.75. The van der Waals surface area contributed by atoms with E-state index in [2.05, 4.69) is 15.3 Å². The highest BCUT2D eigenvalue weighted by atomic mass is 35.5. The predicted molar refractivity (Wildman–Crippen MR) is 134 cm³/mol. The Bertz CT molecular complexity index is 1520. The normalized spacial score (nSPS) is 15.1. The number of ether oxygens (including phenoxy) is 1. The minimum absolute atomic E-state index is 0.0692. The molecule has 1 N–H and O–H groups in total. The highest BCUT2D eigenvalue weighted by molar-refractivity contribution is 6.32. The molecule has 0 bridgehead atoms. The van der Waals surface area contributed by atoms with Crippen molar-refractivity contribution < 1.29 is 14.5 Å². The topological polar surface area (TPSA) is 125 Å². The molecule has 0 saturated carbocycles. The lowest BCUT2D eigenvalue weighted by molar-refractivity contribution is -0.384. The van der Waals surface area contributed by atoms with Gasteiger partial charge >= 0.3 is 0 Å². The van der Waals surface area contributed by atoms with Gasteiger partial charge in [0.05, 0.1) is 28.9 Å². The third kappa shape index (κ3) is 4.76. The van der Waals surface area contributed by atoms with Crippen molar-refractivity contribution in [3.8, 4) is 11.6 Å². The molecule has 3 aromatic heterocycles. The molecule has 10 nitrogen and oxygen atoms in total. The summed E-state index contributed by atoms with van der Waals surface area (Å²) < 4.78 is 7.07. The van der Waals surface area contributed by atoms with Gasteiger partial charge in [-0.25, -0.2) is 9.67 Å². The van der Waals surface area contributed by atoms with Gasteiger partial charge in [-0.3, -0.25) is 19.9 Å². The lowest BCUT2D eigenvalue weighted by Gasteiger charge is -2.21. The minimum Gasteiger partial charge on any atom is -0.481 e. The molecule has 1 aliphatic rings. The van der Waals surface area contributed by atoms with E-state index in [4.69, 9.17) is 21.4 Å². The van der Waals surface area contributed by atoms with Gasteiger partial charge in [-0.1, -0.05) is 11.6 Å². The fraction of sp³-hybridized carbons (Fsp3) is 0.200. The van der Waals surface area contributed by atoms with Gasteiger partial charge in [0.15, 0.2) is 0 Å². The van der Waals surface area contributed by atoms with Gasteiger partial charge in [-0.2, -0.15) is 5.10 Å². The maximum atomic E-state index is 12.5. The first-order chi connectivity index (χ1) is 17.4. The average molecular weight is 505 g/mol. The third-order valence-electron chi connectivity index (χ3n) is 6.02. The standard InChI is InChI=1S/C25H21ClN6O4/c1-36-24-9-7-21-25(29-24)22(10-11-27-21)31-14-16-12-17(3-6-20(16)30-31)28-23(33)8-2-15-13-18(32(34)35)4-5-19(15)26/h2,4-5,7-11,13-14,17H,3,6,12H2,1H3,(H,28,33)/b8-2+. The molecule has 11 heteroatoms. The minimum atomic E-state index is -0.505. The van der Waals surface area contributed by atoms with E-state index >= 15 is 0 Å². The molecule has 1 unspecified atom stereocenters. The number of benzene rings is 1. The Kier molecular flexibility index (Phi) is 6.34. The number of fused-ring (bicyclic) bond motifs is 2. The smallest absolute Gasteiger partial charge is 0.270 e. The summed E-state index contributed by atoms with van der Waals surface area (Å²) in [5.41, 5.74) is 4.56. The SMILES string of the molecule is COc1ccc2nccc(-n3cc4c(n3)CCC(NC(=O)/C=C/c3cc([N+](=O)[O-])ccc3Cl)C4)c2n1. The maximum Gasteiger partial charge on any atom is 0.270 e. The van der Waals surface area contributed by atoms with Crippen molar-refractivity contribution in [2.24, 2.45) is 0 Å². The Morgan fingerprint density at radius 1 is 1.31 bits per heavy atom. The number of halogens is 1. The van der Waals surface area contributed by atoms with Gasteiger partial charge in [0.2, 0.25) is 11.8 Å². The van der Waals surface area contributed by atoms with Crippen molar-refractivity contribution in [2.75, 3.05) is 7.11 Å². The zero-order chi connectivity index (χ0) is 25.2. The van der Waals surface area contributed by atoms with E-state index in [0.717, 1.165) is 28.9 Å². The Labute approximate surface area is 210 Å². The molecule has 0 fully saturated rings. The molecule has 0 spiro atoms. The molecule has 1 aliphatic carbocycles. The Morgan fingerprint density at radius 3 is 2.97 bits per heavy atom. The Hall–Kier alpha value is -4.31. The van der Waals surface area contributed by atoms with Crippen molar-refractivity contribution in [1.82, 2.24) is 25.1 Å². The van der Waals surface area contributed by atoms with Gasteiger partial charge < -0.3 is 10.1 Å². The highest BCUT2D eigenvalue weighted by Crippen LogP contribution is 2.26. The van der Waals surface area contributed by atoms with Gasteiger partial charge in [0.25, 0.3) is 5.69 Å². The van der Waals surface area contributed by atoms with Crippen LogP contribution >= 0.6 is 11.6 Å². The van der Waals surface area contributed by atoms with Crippen molar-refractivity contribution in [1.29, 1.82) is 0 Å². The van der Waals surface area contributed by atoms with Crippen LogP contribution in [0.25, 0.3) is 22.8 Å². The van der Waals surface area contributed by atoms with E-state index in [1.807, 2.05) is 18.3 Å². The average Bonchev–Trinajstić information content (AvgIpc) is 3.30. The number of pyridine rings is 2. The number of rotatable bonds is 6. The number of nitro benzene ring substituents is 1. The predicted octanol–water partition coefficient (Wildman–Crippen LogP) is 4.07. The summed E-state index contributed by atoms with van der Waals surface area (Å²) in [7, 11) is 1.57. The number of hydrogen-bond acceptors (Lipinski definition) is 7. The number of nitrogens with one attached hydrogen (secondary N) is 1. The van der Waals surface area contributed by atoms with Crippen LogP contribution < -0.4 is 10.1 Å². The van der Waals surface area contributed by atoms with Crippen LogP contribution in [0.4, 0.5) is 5.69 Å². The van der Waals surface area contributed by atoms with Crippen molar-refractivity contribution in [2.45, 2.75) is 25.3 Å². The quantitative estimate of drug-likeness (QED) is 0.238. The summed E-state index contributed by atoms with van der Waals surface area (Å²) in [5.74, 6) is 0.200. The summed E-state index contributed by atoms with van der Waals surface area (Å²) in [6.07, 6.45) is 8.58. The van der Waals surface area contributed by atoms with Crippen LogP contribution in [0.1, 0.15) is 23.2 Å². The van der Waals surface area contributed by atoms with E-state index in [-0.39, 0.29) is 17.6 Å². The molecular formula is C25H21ClN6O4. The monoisotopic (exact) mass is 504 g/mol. The first kappa shape index (κ1) is 23.4. The van der Waals surface area contributed by atoms with Gasteiger partial charge in [0, 0.05) is 53.3 Å². The van der Waals surface area contributed by atoms with E-state index in [9.17, 15) is 14.9 Å². The Balaban J connectivity index is 1.31. The number of nitrogens with zero attached hydrogens (tertiary/aromatic N) is 5. The molecule has 5 rings (SSSR count). The molecule has 182 valence electrons. The molecule has 1 aromatic carbocycles. The molecular weight excluding hydrogens is 484 g/mol. The van der Waals surface area contributed by atoms with Crippen molar-refractivity contribution in [3.05, 3.63) is 86.8 Å². The van der Waals surface area contributed by atoms with Crippen molar-refractivity contribution >= 4 is 40.3 Å². The zero-order valence-corrected chi connectivity index (χ0v) is 20.0. The summed E-state index contributed by atoms with van der Waals surface area (Å²) >= 11 is 6.11. The van der Waals surface area contributed by atoms with Gasteiger partial charge in [-0.05, 0) is 49.1 Å². The van der Waals surface area contributed by atoms with E-state index in [1.54, 1.807) is 24.1 Å². The van der Waals surface area contributed by atoms with Crippen LogP contribution in [0.5, 0.6) is 5.88 Å². The summed E-state index contributed by atoms with van der Waals surface area (Å²) in [6.45, 7) is 0. The van der Waals surface area contributed by atoms with Crippen molar-refractivity contribution in [3.63, 3.8) is 0 Å². The molecule has 36 heavy (non-hydrogen) atoms. The molecule has 0 aliphatic heterocycles. The number of nitro groups is 1. The largest absolute Gasteiger partial charge is 0.481 e. The van der Waals surface area contributed by atoms with Crippen LogP contribution in [0, 0.1) is 10.1 Å². The van der Waals surface area contributed by atoms with Crippen LogP contribution in [0.2, 0.25) is 5.02 Å². The van der Waals surface area contributed by atoms with Crippen LogP contribution in [-0.4, -0.2) is 43.7 Å². The number of aromatic nitrogens is 4. The summed E-state index contributed by atoms with van der Waals surface area (Å²) in [6, 6.07) is 9.50. The van der Waals surface area contributed by atoms with Gasteiger partial charge in [-0.15, -0.1) is 0 Å².